The number of anilines is 1. The van der Waals surface area contributed by atoms with Gasteiger partial charge in [0.1, 0.15) is 11.4 Å². The molecule has 2 heterocycles. The fraction of sp³-hybridized carbons (Fsp3) is 0.536. The summed E-state index contributed by atoms with van der Waals surface area (Å²) in [6.07, 6.45) is 9.02. The molecule has 2 unspecified atom stereocenters. The molecule has 2 aromatic carbocycles. The van der Waals surface area contributed by atoms with Crippen LogP contribution in [0.3, 0.4) is 0 Å². The lowest BCUT2D eigenvalue weighted by atomic mass is 9.89. The zero-order chi connectivity index (χ0) is 23.1. The molecule has 2 aromatic rings. The molecular weight excluding hydrogens is 412 g/mol. The van der Waals surface area contributed by atoms with Gasteiger partial charge in [0.15, 0.2) is 0 Å². The first-order valence-electron chi connectivity index (χ1n) is 12.7. The molecule has 178 valence electrons. The van der Waals surface area contributed by atoms with Gasteiger partial charge in [0.25, 0.3) is 5.91 Å². The predicted molar refractivity (Wildman–Crippen MR) is 133 cm³/mol. The standard InChI is InChI=1S/C28H38N2O3/c1-3-5-6-7-10-19-32-23-17-15-22(16-18-23)28(4-2)29-26-14-9-8-13-25(26)27(31)30(28)21-24-12-11-20-33-24/h8-9,13-18,24,29H,3-7,10-12,19-21H2,1-2H3. The molecular formula is C28H38N2O3. The van der Waals surface area contributed by atoms with E-state index in [1.165, 1.54) is 25.7 Å². The van der Waals surface area contributed by atoms with Crippen LogP contribution in [0.2, 0.25) is 0 Å². The second kappa shape index (κ2) is 11.1. The molecule has 0 saturated carbocycles. The summed E-state index contributed by atoms with van der Waals surface area (Å²) in [7, 11) is 0. The van der Waals surface area contributed by atoms with E-state index in [0.29, 0.717) is 6.54 Å². The zero-order valence-electron chi connectivity index (χ0n) is 20.1. The van der Waals surface area contributed by atoms with Crippen LogP contribution in [0.15, 0.2) is 48.5 Å². The summed E-state index contributed by atoms with van der Waals surface area (Å²) in [5.74, 6) is 0.947. The molecule has 2 aliphatic rings. The highest BCUT2D eigenvalue weighted by Gasteiger charge is 2.45. The molecule has 1 amide bonds. The number of hydrogen-bond acceptors (Lipinski definition) is 4. The Morgan fingerprint density at radius 1 is 1.06 bits per heavy atom. The molecule has 1 saturated heterocycles. The average molecular weight is 451 g/mol. The van der Waals surface area contributed by atoms with E-state index in [1.807, 2.05) is 41.3 Å². The molecule has 1 fully saturated rings. The van der Waals surface area contributed by atoms with Gasteiger partial charge in [-0.15, -0.1) is 0 Å². The van der Waals surface area contributed by atoms with Crippen molar-refractivity contribution in [3.05, 3.63) is 59.7 Å². The molecule has 1 N–H and O–H groups in total. The van der Waals surface area contributed by atoms with Crippen LogP contribution in [0.4, 0.5) is 5.69 Å². The third-order valence-electron chi connectivity index (χ3n) is 6.98. The largest absolute Gasteiger partial charge is 0.494 e. The van der Waals surface area contributed by atoms with Crippen molar-refractivity contribution in [2.75, 3.05) is 25.1 Å². The molecule has 2 atom stereocenters. The van der Waals surface area contributed by atoms with Crippen LogP contribution < -0.4 is 10.1 Å². The van der Waals surface area contributed by atoms with E-state index >= 15 is 0 Å². The van der Waals surface area contributed by atoms with Gasteiger partial charge in [-0.1, -0.05) is 63.8 Å². The van der Waals surface area contributed by atoms with Crippen molar-refractivity contribution in [1.82, 2.24) is 4.90 Å². The summed E-state index contributed by atoms with van der Waals surface area (Å²) in [6, 6.07) is 16.1. The Bertz CT molecular complexity index is 908. The van der Waals surface area contributed by atoms with Crippen LogP contribution in [0, 0.1) is 0 Å². The molecule has 4 rings (SSSR count). The molecule has 0 aliphatic carbocycles. The molecule has 0 spiro atoms. The number of benzene rings is 2. The van der Waals surface area contributed by atoms with Gasteiger partial charge < -0.3 is 19.7 Å². The molecule has 2 aliphatic heterocycles. The van der Waals surface area contributed by atoms with Crippen LogP contribution in [0.1, 0.15) is 81.1 Å². The second-order valence-corrected chi connectivity index (χ2v) is 9.22. The van der Waals surface area contributed by atoms with E-state index < -0.39 is 5.66 Å². The summed E-state index contributed by atoms with van der Waals surface area (Å²) in [5.41, 5.74) is 2.07. The molecule has 0 bridgehead atoms. The first-order valence-corrected chi connectivity index (χ1v) is 12.7. The summed E-state index contributed by atoms with van der Waals surface area (Å²) >= 11 is 0. The molecule has 0 aromatic heterocycles. The van der Waals surface area contributed by atoms with Crippen molar-refractivity contribution in [3.8, 4) is 5.75 Å². The van der Waals surface area contributed by atoms with Crippen LogP contribution in [-0.2, 0) is 10.4 Å². The topological polar surface area (TPSA) is 50.8 Å². The minimum atomic E-state index is -0.615. The Labute approximate surface area is 198 Å². The number of amides is 1. The number of para-hydroxylation sites is 1. The smallest absolute Gasteiger partial charge is 0.258 e. The SMILES string of the molecule is CCCCCCCOc1ccc(C2(CC)Nc3ccccc3C(=O)N2CC2CCCO2)cc1. The number of ether oxygens (including phenoxy) is 2. The van der Waals surface area contributed by atoms with Gasteiger partial charge >= 0.3 is 0 Å². The van der Waals surface area contributed by atoms with Gasteiger partial charge in [-0.2, -0.15) is 0 Å². The maximum absolute atomic E-state index is 13.7. The van der Waals surface area contributed by atoms with E-state index in [2.05, 4.69) is 31.3 Å². The number of carbonyl (C=O) groups is 1. The third kappa shape index (κ3) is 5.19. The van der Waals surface area contributed by atoms with Gasteiger partial charge in [-0.05, 0) is 55.5 Å². The lowest BCUT2D eigenvalue weighted by Gasteiger charge is -2.49. The van der Waals surface area contributed by atoms with Crippen molar-refractivity contribution in [1.29, 1.82) is 0 Å². The Hall–Kier alpha value is -2.53. The quantitative estimate of drug-likeness (QED) is 0.406. The lowest BCUT2D eigenvalue weighted by molar-refractivity contribution is 0.0187. The van der Waals surface area contributed by atoms with E-state index in [0.717, 1.165) is 61.5 Å². The fourth-order valence-corrected chi connectivity index (χ4v) is 5.05. The maximum Gasteiger partial charge on any atom is 0.258 e. The van der Waals surface area contributed by atoms with Crippen molar-refractivity contribution in [3.63, 3.8) is 0 Å². The number of unbranched alkanes of at least 4 members (excludes halogenated alkanes) is 4. The second-order valence-electron chi connectivity index (χ2n) is 9.22. The molecule has 5 heteroatoms. The summed E-state index contributed by atoms with van der Waals surface area (Å²) < 4.78 is 11.9. The first-order chi connectivity index (χ1) is 16.2. The average Bonchev–Trinajstić information content (AvgIpc) is 3.37. The Kier molecular flexibility index (Phi) is 7.92. The van der Waals surface area contributed by atoms with Crippen molar-refractivity contribution in [2.24, 2.45) is 0 Å². The van der Waals surface area contributed by atoms with Crippen LogP contribution in [-0.4, -0.2) is 36.7 Å². The minimum Gasteiger partial charge on any atom is -0.494 e. The number of nitrogens with one attached hydrogen (secondary N) is 1. The number of rotatable bonds is 11. The predicted octanol–water partition coefficient (Wildman–Crippen LogP) is 6.35. The normalized spacial score (nSPS) is 22.2. The maximum atomic E-state index is 13.7. The Balaban J connectivity index is 1.55. The molecule has 33 heavy (non-hydrogen) atoms. The number of fused-ring (bicyclic) bond motifs is 1. The summed E-state index contributed by atoms with van der Waals surface area (Å²) in [5, 5.41) is 3.73. The van der Waals surface area contributed by atoms with Gasteiger partial charge in [0.05, 0.1) is 18.3 Å². The molecule has 5 nitrogen and oxygen atoms in total. The van der Waals surface area contributed by atoms with Crippen LogP contribution >= 0.6 is 0 Å². The highest BCUT2D eigenvalue weighted by atomic mass is 16.5. The zero-order valence-corrected chi connectivity index (χ0v) is 20.1. The van der Waals surface area contributed by atoms with Crippen LogP contribution in [0.5, 0.6) is 5.75 Å². The summed E-state index contributed by atoms with van der Waals surface area (Å²) in [4.78, 5) is 15.7. The number of hydrogen-bond donors (Lipinski definition) is 1. The fourth-order valence-electron chi connectivity index (χ4n) is 5.05. The lowest BCUT2D eigenvalue weighted by Crippen LogP contribution is -2.59. The number of carbonyl (C=O) groups excluding carboxylic acids is 1. The van der Waals surface area contributed by atoms with Crippen molar-refractivity contribution >= 4 is 11.6 Å². The Morgan fingerprint density at radius 3 is 2.58 bits per heavy atom. The van der Waals surface area contributed by atoms with Gasteiger partial charge in [-0.3, -0.25) is 4.79 Å². The monoisotopic (exact) mass is 450 g/mol. The highest BCUT2D eigenvalue weighted by molar-refractivity contribution is 6.02. The Morgan fingerprint density at radius 2 is 1.85 bits per heavy atom. The highest BCUT2D eigenvalue weighted by Crippen LogP contribution is 2.41. The van der Waals surface area contributed by atoms with Gasteiger partial charge in [-0.25, -0.2) is 0 Å². The third-order valence-corrected chi connectivity index (χ3v) is 6.98. The first kappa shape index (κ1) is 23.6. The van der Waals surface area contributed by atoms with Crippen molar-refractivity contribution in [2.45, 2.75) is 77.0 Å². The van der Waals surface area contributed by atoms with E-state index in [1.54, 1.807) is 0 Å². The van der Waals surface area contributed by atoms with E-state index in [9.17, 15) is 4.79 Å². The molecule has 0 radical (unpaired) electrons. The van der Waals surface area contributed by atoms with Gasteiger partial charge in [0.2, 0.25) is 0 Å². The van der Waals surface area contributed by atoms with Crippen LogP contribution in [0.25, 0.3) is 0 Å². The minimum absolute atomic E-state index is 0.0640. The number of nitrogens with zero attached hydrogens (tertiary/aromatic N) is 1. The van der Waals surface area contributed by atoms with E-state index in [-0.39, 0.29) is 12.0 Å². The summed E-state index contributed by atoms with van der Waals surface area (Å²) in [6.45, 7) is 6.48. The van der Waals surface area contributed by atoms with Crippen molar-refractivity contribution < 1.29 is 14.3 Å². The van der Waals surface area contributed by atoms with Gasteiger partial charge in [0, 0.05) is 18.8 Å². The van der Waals surface area contributed by atoms with E-state index in [4.69, 9.17) is 9.47 Å².